The molecular weight excluding hydrogens is 474 g/mol. The summed E-state index contributed by atoms with van der Waals surface area (Å²) < 4.78 is 6.42. The van der Waals surface area contributed by atoms with Crippen molar-refractivity contribution in [3.63, 3.8) is 0 Å². The van der Waals surface area contributed by atoms with E-state index < -0.39 is 11.3 Å². The fourth-order valence-corrected chi connectivity index (χ4v) is 5.72. The van der Waals surface area contributed by atoms with Crippen LogP contribution in [0, 0.1) is 5.41 Å². The summed E-state index contributed by atoms with van der Waals surface area (Å²) in [5.74, 6) is -0.113. The van der Waals surface area contributed by atoms with Gasteiger partial charge in [-0.05, 0) is 57.9 Å². The third-order valence-electron chi connectivity index (χ3n) is 6.15. The van der Waals surface area contributed by atoms with Gasteiger partial charge in [0.05, 0.1) is 17.9 Å². The first-order valence-corrected chi connectivity index (χ1v) is 11.6. The van der Waals surface area contributed by atoms with E-state index >= 15 is 0 Å². The molecule has 3 aromatic heterocycles. The lowest BCUT2D eigenvalue weighted by Crippen LogP contribution is -2.51. The number of halogens is 1. The number of benzene rings is 1. The third kappa shape index (κ3) is 3.32. The van der Waals surface area contributed by atoms with Gasteiger partial charge in [-0.2, -0.15) is 0 Å². The number of likely N-dealkylation sites (tertiary alicyclic amines) is 1. The number of likely N-dealkylation sites (N-methyl/N-ethyl adjacent to an activating group) is 1. The molecule has 0 bridgehead atoms. The van der Waals surface area contributed by atoms with Crippen LogP contribution in [0.2, 0.25) is 0 Å². The van der Waals surface area contributed by atoms with Crippen molar-refractivity contribution in [2.75, 3.05) is 7.05 Å². The topological polar surface area (TPSA) is 70.2 Å². The van der Waals surface area contributed by atoms with Gasteiger partial charge in [-0.3, -0.25) is 15.2 Å². The molecule has 0 spiro atoms. The van der Waals surface area contributed by atoms with Crippen LogP contribution in [-0.2, 0) is 10.2 Å². The highest BCUT2D eigenvalue weighted by Crippen LogP contribution is 2.49. The molecule has 7 heteroatoms. The summed E-state index contributed by atoms with van der Waals surface area (Å²) in [6, 6.07) is 13.9. The number of furan rings is 1. The maximum atomic E-state index is 13.5. The van der Waals surface area contributed by atoms with Crippen LogP contribution in [0.15, 0.2) is 69.2 Å². The number of carbonyl (C=O) groups is 1. The number of rotatable bonds is 3. The lowest BCUT2D eigenvalue weighted by Gasteiger charge is -2.44. The highest BCUT2D eigenvalue weighted by Gasteiger charge is 2.49. The molecule has 0 unspecified atom stereocenters. The minimum Gasteiger partial charge on any atom is -0.464 e. The van der Waals surface area contributed by atoms with Gasteiger partial charge in [0.15, 0.2) is 0 Å². The largest absolute Gasteiger partial charge is 0.464 e. The van der Waals surface area contributed by atoms with E-state index in [2.05, 4.69) is 39.3 Å². The van der Waals surface area contributed by atoms with Crippen LogP contribution in [0.3, 0.4) is 0 Å². The number of fused-ring (bicyclic) bond motifs is 1. The Labute approximate surface area is 192 Å². The highest BCUT2D eigenvalue weighted by atomic mass is 79.9. The molecule has 2 atom stereocenters. The Hall–Kier alpha value is -2.77. The molecule has 4 heterocycles. The summed E-state index contributed by atoms with van der Waals surface area (Å²) in [5.41, 5.74) is 3.12. The Balaban J connectivity index is 1.62. The fraction of sp³-hybridized carbons (Fsp3) is 0.208. The zero-order chi connectivity index (χ0) is 21.8. The summed E-state index contributed by atoms with van der Waals surface area (Å²) in [6.45, 7) is 2.10. The number of carbonyl (C=O) groups excluding carboxylic acids is 1. The summed E-state index contributed by atoms with van der Waals surface area (Å²) in [5, 5.41) is 11.5. The van der Waals surface area contributed by atoms with Gasteiger partial charge >= 0.3 is 0 Å². The van der Waals surface area contributed by atoms with Gasteiger partial charge in [-0.15, -0.1) is 11.3 Å². The predicted molar refractivity (Wildman–Crippen MR) is 127 cm³/mol. The van der Waals surface area contributed by atoms with E-state index in [1.54, 1.807) is 30.8 Å². The number of amides is 1. The second kappa shape index (κ2) is 7.43. The van der Waals surface area contributed by atoms with Gasteiger partial charge in [0, 0.05) is 50.8 Å². The molecule has 5 nitrogen and oxygen atoms in total. The summed E-state index contributed by atoms with van der Waals surface area (Å²) in [4.78, 5) is 20.5. The van der Waals surface area contributed by atoms with E-state index in [4.69, 9.17) is 9.83 Å². The van der Waals surface area contributed by atoms with E-state index in [-0.39, 0.29) is 5.91 Å². The molecule has 1 saturated heterocycles. The number of amidine groups is 1. The Morgan fingerprint density at radius 1 is 1.26 bits per heavy atom. The first kappa shape index (κ1) is 20.2. The summed E-state index contributed by atoms with van der Waals surface area (Å²) in [6.07, 6.45) is 3.93. The number of thiophene rings is 1. The summed E-state index contributed by atoms with van der Waals surface area (Å²) in [7, 11) is 1.69. The molecule has 1 aliphatic heterocycles. The number of aromatic nitrogens is 1. The normalized spacial score (nSPS) is 21.8. The highest BCUT2D eigenvalue weighted by molar-refractivity contribution is 9.10. The zero-order valence-electron chi connectivity index (χ0n) is 17.1. The Morgan fingerprint density at radius 2 is 2.10 bits per heavy atom. The minimum atomic E-state index is -0.531. The van der Waals surface area contributed by atoms with Gasteiger partial charge in [0.25, 0.3) is 0 Å². The van der Waals surface area contributed by atoms with Crippen molar-refractivity contribution in [3.8, 4) is 11.3 Å². The zero-order valence-corrected chi connectivity index (χ0v) is 19.5. The summed E-state index contributed by atoms with van der Waals surface area (Å²) >= 11 is 5.05. The van der Waals surface area contributed by atoms with Gasteiger partial charge in [-0.1, -0.05) is 13.0 Å². The maximum Gasteiger partial charge on any atom is 0.236 e. The van der Waals surface area contributed by atoms with E-state index in [0.717, 1.165) is 37.1 Å². The van der Waals surface area contributed by atoms with Gasteiger partial charge in [-0.25, -0.2) is 0 Å². The van der Waals surface area contributed by atoms with Gasteiger partial charge in [0.2, 0.25) is 5.91 Å². The Kier molecular flexibility index (Phi) is 4.83. The number of hydrogen-bond donors (Lipinski definition) is 1. The van der Waals surface area contributed by atoms with Crippen LogP contribution in [0.5, 0.6) is 0 Å². The molecule has 1 N–H and O–H groups in total. The average Bonchev–Trinajstić information content (AvgIpc) is 3.42. The number of nitrogens with zero attached hydrogens (tertiary/aromatic N) is 2. The molecule has 1 fully saturated rings. The molecule has 0 saturated carbocycles. The van der Waals surface area contributed by atoms with E-state index in [0.29, 0.717) is 12.3 Å². The molecule has 156 valence electrons. The van der Waals surface area contributed by atoms with Crippen LogP contribution in [0.4, 0.5) is 0 Å². The van der Waals surface area contributed by atoms with Crippen molar-refractivity contribution in [3.05, 3.63) is 75.2 Å². The Bertz CT molecular complexity index is 1310. The smallest absolute Gasteiger partial charge is 0.236 e. The molecule has 1 aromatic carbocycles. The molecule has 1 amide bonds. The molecular formula is C24H20BrN3O2S. The number of piperidine rings is 1. The monoisotopic (exact) mass is 493 g/mol. The van der Waals surface area contributed by atoms with Crippen molar-refractivity contribution >= 4 is 50.0 Å². The molecule has 31 heavy (non-hydrogen) atoms. The Morgan fingerprint density at radius 3 is 2.87 bits per heavy atom. The second-order valence-electron chi connectivity index (χ2n) is 8.15. The minimum absolute atomic E-state index is 0.0571. The van der Waals surface area contributed by atoms with Crippen LogP contribution in [0.1, 0.15) is 29.7 Å². The first-order chi connectivity index (χ1) is 14.9. The molecule has 4 aromatic rings. The predicted octanol–water partition coefficient (Wildman–Crippen LogP) is 6.20. The van der Waals surface area contributed by atoms with Gasteiger partial charge in [0.1, 0.15) is 11.4 Å². The second-order valence-corrected chi connectivity index (χ2v) is 9.98. The SMILES string of the molecule is CN1C(=N)C[C@](C)(c2cc(-c3ccc(Br)cn3)cs2)[C@H](c2ccc3occc3c2)C1=O. The van der Waals surface area contributed by atoms with E-state index in [9.17, 15) is 4.79 Å². The first-order valence-electron chi connectivity index (χ1n) is 9.90. The molecule has 5 rings (SSSR count). The standard InChI is InChI=1S/C24H20BrN3O2S/c1-24(20-10-16(13-31-20)18-5-4-17(25)12-27-18)11-21(26)28(2)23(29)22(24)15-3-6-19-14(9-15)7-8-30-19/h3-10,12-13,22,26H,11H2,1-2H3/t22-,24-/m1/s1. The van der Waals surface area contributed by atoms with Crippen molar-refractivity contribution in [2.45, 2.75) is 24.7 Å². The fourth-order valence-electron chi connectivity index (χ4n) is 4.39. The molecule has 0 radical (unpaired) electrons. The van der Waals surface area contributed by atoms with Crippen molar-refractivity contribution in [1.82, 2.24) is 9.88 Å². The molecule has 1 aliphatic rings. The average molecular weight is 494 g/mol. The van der Waals surface area contributed by atoms with E-state index in [1.807, 2.05) is 36.4 Å². The lowest BCUT2D eigenvalue weighted by atomic mass is 9.67. The van der Waals surface area contributed by atoms with E-state index in [1.165, 1.54) is 4.90 Å². The van der Waals surface area contributed by atoms with Crippen LogP contribution < -0.4 is 0 Å². The van der Waals surface area contributed by atoms with Crippen molar-refractivity contribution in [2.24, 2.45) is 0 Å². The van der Waals surface area contributed by atoms with Crippen LogP contribution >= 0.6 is 27.3 Å². The number of pyridine rings is 1. The van der Waals surface area contributed by atoms with Crippen molar-refractivity contribution in [1.29, 1.82) is 5.41 Å². The lowest BCUT2D eigenvalue weighted by molar-refractivity contribution is -0.131. The van der Waals surface area contributed by atoms with Crippen molar-refractivity contribution < 1.29 is 9.21 Å². The number of nitrogens with one attached hydrogen (secondary N) is 1. The molecule has 0 aliphatic carbocycles. The quantitative estimate of drug-likeness (QED) is 0.369. The third-order valence-corrected chi connectivity index (χ3v) is 7.83. The van der Waals surface area contributed by atoms with Crippen LogP contribution in [-0.4, -0.2) is 28.7 Å². The van der Waals surface area contributed by atoms with Gasteiger partial charge < -0.3 is 9.32 Å². The number of hydrogen-bond acceptors (Lipinski definition) is 5. The maximum absolute atomic E-state index is 13.5. The van der Waals surface area contributed by atoms with Crippen LogP contribution in [0.25, 0.3) is 22.2 Å².